The van der Waals surface area contributed by atoms with Crippen LogP contribution in [0, 0.1) is 19.8 Å². The minimum Gasteiger partial charge on any atom is -0.481 e. The molecule has 7 heteroatoms. The zero-order valence-corrected chi connectivity index (χ0v) is 22.1. The fraction of sp³-hybridized carbons (Fsp3) is 0.414. The quantitative estimate of drug-likeness (QED) is 0.353. The number of thiophene rings is 1. The molecule has 1 fully saturated rings. The van der Waals surface area contributed by atoms with Gasteiger partial charge in [-0.15, -0.1) is 11.3 Å². The van der Waals surface area contributed by atoms with Gasteiger partial charge in [-0.1, -0.05) is 32.0 Å². The minimum atomic E-state index is -0.994. The molecule has 1 aromatic carbocycles. The van der Waals surface area contributed by atoms with E-state index in [9.17, 15) is 19.5 Å². The summed E-state index contributed by atoms with van der Waals surface area (Å²) < 4.78 is 1.49. The first-order valence-corrected chi connectivity index (χ1v) is 13.4. The van der Waals surface area contributed by atoms with E-state index >= 15 is 0 Å². The zero-order chi connectivity index (χ0) is 26.0. The first kappa shape index (κ1) is 25.9. The second-order valence-electron chi connectivity index (χ2n) is 10.3. The van der Waals surface area contributed by atoms with Gasteiger partial charge in [0, 0.05) is 17.1 Å². The lowest BCUT2D eigenvalue weighted by Gasteiger charge is -2.24. The van der Waals surface area contributed by atoms with Gasteiger partial charge in [0.2, 0.25) is 5.91 Å². The number of carbonyl (C=O) groups excluding carboxylic acids is 1. The molecule has 3 aromatic rings. The molecule has 0 bridgehead atoms. The highest BCUT2D eigenvalue weighted by atomic mass is 32.1. The molecule has 190 valence electrons. The van der Waals surface area contributed by atoms with Crippen molar-refractivity contribution in [3.05, 3.63) is 80.6 Å². The molecule has 36 heavy (non-hydrogen) atoms. The third-order valence-electron chi connectivity index (χ3n) is 6.80. The maximum atomic E-state index is 13.6. The number of rotatable bonds is 10. The molecule has 0 unspecified atom stereocenters. The average molecular weight is 507 g/mol. The Morgan fingerprint density at radius 2 is 1.83 bits per heavy atom. The molecule has 1 amide bonds. The summed E-state index contributed by atoms with van der Waals surface area (Å²) in [6, 6.07) is 10.3. The molecule has 0 spiro atoms. The van der Waals surface area contributed by atoms with Crippen LogP contribution in [0.25, 0.3) is 10.4 Å². The van der Waals surface area contributed by atoms with Crippen molar-refractivity contribution < 1.29 is 14.7 Å². The molecular weight excluding hydrogens is 472 g/mol. The van der Waals surface area contributed by atoms with Crippen LogP contribution >= 0.6 is 11.3 Å². The van der Waals surface area contributed by atoms with Crippen molar-refractivity contribution in [2.45, 2.75) is 71.4 Å². The van der Waals surface area contributed by atoms with Crippen LogP contribution in [0.15, 0.2) is 52.8 Å². The lowest BCUT2D eigenvalue weighted by Crippen LogP contribution is -2.40. The molecule has 1 aliphatic rings. The number of amides is 1. The number of aryl methyl sites for hydroxylation is 2. The van der Waals surface area contributed by atoms with E-state index in [0.717, 1.165) is 45.5 Å². The average Bonchev–Trinajstić information content (AvgIpc) is 3.54. The largest absolute Gasteiger partial charge is 0.481 e. The van der Waals surface area contributed by atoms with E-state index < -0.39 is 18.1 Å². The molecule has 2 aromatic heterocycles. The number of hydrogen-bond acceptors (Lipinski definition) is 4. The molecule has 1 aliphatic carbocycles. The number of carboxylic acids is 1. The van der Waals surface area contributed by atoms with Crippen molar-refractivity contribution in [2.24, 2.45) is 5.92 Å². The van der Waals surface area contributed by atoms with Gasteiger partial charge in [0.1, 0.15) is 6.04 Å². The molecule has 2 N–H and O–H groups in total. The van der Waals surface area contributed by atoms with E-state index in [1.807, 2.05) is 37.4 Å². The molecule has 2 heterocycles. The number of pyridine rings is 1. The van der Waals surface area contributed by atoms with Gasteiger partial charge in [0.15, 0.2) is 0 Å². The minimum absolute atomic E-state index is 0.172. The highest BCUT2D eigenvalue weighted by Crippen LogP contribution is 2.39. The Kier molecular flexibility index (Phi) is 7.79. The lowest BCUT2D eigenvalue weighted by molar-refractivity contribution is -0.138. The highest BCUT2D eigenvalue weighted by molar-refractivity contribution is 7.13. The van der Waals surface area contributed by atoms with Gasteiger partial charge in [0.05, 0.1) is 12.5 Å². The van der Waals surface area contributed by atoms with E-state index in [1.165, 1.54) is 4.57 Å². The third-order valence-corrected chi connectivity index (χ3v) is 7.76. The normalized spacial score (nSPS) is 15.0. The first-order chi connectivity index (χ1) is 17.1. The Morgan fingerprint density at radius 1 is 1.14 bits per heavy atom. The van der Waals surface area contributed by atoms with Gasteiger partial charge < -0.3 is 15.0 Å². The van der Waals surface area contributed by atoms with Crippen LogP contribution in [0.5, 0.6) is 0 Å². The number of benzene rings is 1. The van der Waals surface area contributed by atoms with Crippen molar-refractivity contribution in [1.82, 2.24) is 9.88 Å². The maximum absolute atomic E-state index is 13.6. The van der Waals surface area contributed by atoms with Gasteiger partial charge in [-0.05, 0) is 90.3 Å². The maximum Gasteiger partial charge on any atom is 0.305 e. The van der Waals surface area contributed by atoms with Crippen molar-refractivity contribution in [3.8, 4) is 10.4 Å². The number of nitrogens with zero attached hydrogens (tertiary/aromatic N) is 1. The third kappa shape index (κ3) is 5.95. The van der Waals surface area contributed by atoms with Crippen LogP contribution in [-0.4, -0.2) is 21.6 Å². The van der Waals surface area contributed by atoms with Crippen molar-refractivity contribution in [2.75, 3.05) is 0 Å². The molecule has 0 radical (unpaired) electrons. The standard InChI is InChI=1S/C29H34N2O4S/c1-17(2)12-24(31-11-10-21(14-26(31)32)20-8-9-20)29(35)30-23(15-27(33)34)22-13-25(36-16-22)28-18(3)6-5-7-19(28)4/h5-7,10-11,13-14,16-17,20,23-24H,8-9,12,15H2,1-4H3,(H,30,35)(H,33,34)/t23-,24+/m0/s1. The lowest BCUT2D eigenvalue weighted by atomic mass is 9.98. The van der Waals surface area contributed by atoms with Crippen LogP contribution < -0.4 is 10.9 Å². The number of aliphatic carboxylic acids is 1. The topological polar surface area (TPSA) is 88.4 Å². The van der Waals surface area contributed by atoms with Crippen LogP contribution in [0.4, 0.5) is 0 Å². The Labute approximate surface area is 216 Å². The summed E-state index contributed by atoms with van der Waals surface area (Å²) >= 11 is 1.54. The van der Waals surface area contributed by atoms with Crippen molar-refractivity contribution in [3.63, 3.8) is 0 Å². The van der Waals surface area contributed by atoms with E-state index in [0.29, 0.717) is 12.3 Å². The molecule has 2 atom stereocenters. The second kappa shape index (κ2) is 10.8. The molecule has 4 rings (SSSR count). The molecule has 1 saturated carbocycles. The van der Waals surface area contributed by atoms with Crippen LogP contribution in [0.3, 0.4) is 0 Å². The van der Waals surface area contributed by atoms with Crippen LogP contribution in [0.1, 0.15) is 79.8 Å². The summed E-state index contributed by atoms with van der Waals surface area (Å²) in [6.07, 6.45) is 4.16. The molecule has 0 aliphatic heterocycles. The number of carboxylic acid groups (broad SMARTS) is 1. The summed E-state index contributed by atoms with van der Waals surface area (Å²) in [5, 5.41) is 14.5. The fourth-order valence-corrected chi connectivity index (χ4v) is 5.93. The Hall–Kier alpha value is -3.19. The van der Waals surface area contributed by atoms with Crippen LogP contribution in [0.2, 0.25) is 0 Å². The van der Waals surface area contributed by atoms with E-state index in [4.69, 9.17) is 0 Å². The summed E-state index contributed by atoms with van der Waals surface area (Å²) in [5.74, 6) is -0.706. The Balaban J connectivity index is 1.62. The van der Waals surface area contributed by atoms with Gasteiger partial charge >= 0.3 is 5.97 Å². The summed E-state index contributed by atoms with van der Waals surface area (Å²) in [6.45, 7) is 8.13. The van der Waals surface area contributed by atoms with Gasteiger partial charge in [-0.2, -0.15) is 0 Å². The van der Waals surface area contributed by atoms with Crippen molar-refractivity contribution in [1.29, 1.82) is 0 Å². The van der Waals surface area contributed by atoms with Gasteiger partial charge in [-0.3, -0.25) is 14.4 Å². The van der Waals surface area contributed by atoms with Gasteiger partial charge in [-0.25, -0.2) is 0 Å². The van der Waals surface area contributed by atoms with Crippen LogP contribution in [-0.2, 0) is 9.59 Å². The van der Waals surface area contributed by atoms with Gasteiger partial charge in [0.25, 0.3) is 5.56 Å². The highest BCUT2D eigenvalue weighted by Gasteiger charge is 2.29. The summed E-state index contributed by atoms with van der Waals surface area (Å²) in [5.41, 5.74) is 5.02. The number of carbonyl (C=O) groups is 2. The van der Waals surface area contributed by atoms with E-state index in [1.54, 1.807) is 23.6 Å². The molecule has 6 nitrogen and oxygen atoms in total. The molecule has 0 saturated heterocycles. The number of nitrogens with one attached hydrogen (secondary N) is 1. The SMILES string of the molecule is Cc1cccc(C)c1-c1cc([C@H](CC(=O)O)NC(=O)[C@@H](CC(C)C)n2ccc(C3CC3)cc2=O)cs1. The van der Waals surface area contributed by atoms with E-state index in [2.05, 4.69) is 31.3 Å². The molecular formula is C29H34N2O4S. The predicted octanol–water partition coefficient (Wildman–Crippen LogP) is 5.99. The fourth-order valence-electron chi connectivity index (χ4n) is 4.79. The number of aromatic nitrogens is 1. The number of hydrogen-bond donors (Lipinski definition) is 2. The Morgan fingerprint density at radius 3 is 2.42 bits per heavy atom. The smallest absolute Gasteiger partial charge is 0.305 e. The summed E-state index contributed by atoms with van der Waals surface area (Å²) in [4.78, 5) is 39.3. The van der Waals surface area contributed by atoms with E-state index in [-0.39, 0.29) is 23.8 Å². The van der Waals surface area contributed by atoms with Crippen molar-refractivity contribution >= 4 is 23.2 Å². The first-order valence-electron chi connectivity index (χ1n) is 12.5. The Bertz CT molecular complexity index is 1300. The zero-order valence-electron chi connectivity index (χ0n) is 21.3. The predicted molar refractivity (Wildman–Crippen MR) is 144 cm³/mol. The second-order valence-corrected chi connectivity index (χ2v) is 11.2. The summed E-state index contributed by atoms with van der Waals surface area (Å²) in [7, 11) is 0. The monoisotopic (exact) mass is 506 g/mol.